The van der Waals surface area contributed by atoms with Crippen molar-refractivity contribution in [1.82, 2.24) is 25.0 Å². The quantitative estimate of drug-likeness (QED) is 0.697. The topological polar surface area (TPSA) is 76.5 Å². The fraction of sp³-hybridized carbons (Fsp3) is 0. The predicted octanol–water partition coefficient (Wildman–Crippen LogP) is 1.22. The Balaban J connectivity index is 2.05. The normalized spacial score (nSPS) is 10.4. The molecule has 1 aromatic carbocycles. The summed E-state index contributed by atoms with van der Waals surface area (Å²) in [5.74, 6) is 0.0309. The first-order valence-corrected chi connectivity index (χ1v) is 5.36. The first-order chi connectivity index (χ1) is 8.86. The largest absolute Gasteiger partial charge is 0.342 e. The van der Waals surface area contributed by atoms with Crippen LogP contribution in [0.2, 0.25) is 0 Å². The van der Waals surface area contributed by atoms with Crippen molar-refractivity contribution >= 4 is 5.78 Å². The van der Waals surface area contributed by atoms with Crippen LogP contribution in [0, 0.1) is 0 Å². The number of ketones is 1. The molecule has 18 heavy (non-hydrogen) atoms. The number of aromatic amines is 1. The number of carbonyl (C=O) groups excluding carboxylic acids is 1. The third-order valence-electron chi connectivity index (χ3n) is 2.50. The number of hydrogen-bond acceptors (Lipinski definition) is 4. The summed E-state index contributed by atoms with van der Waals surface area (Å²) in [5.41, 5.74) is 1.15. The second-order valence-corrected chi connectivity index (χ2v) is 3.63. The minimum atomic E-state index is -0.242. The van der Waals surface area contributed by atoms with Crippen LogP contribution in [0.3, 0.4) is 0 Å². The highest BCUT2D eigenvalue weighted by Crippen LogP contribution is 2.11. The van der Waals surface area contributed by atoms with Gasteiger partial charge < -0.3 is 4.98 Å². The van der Waals surface area contributed by atoms with Gasteiger partial charge in [-0.05, 0) is 12.1 Å². The monoisotopic (exact) mass is 239 g/mol. The van der Waals surface area contributed by atoms with Crippen molar-refractivity contribution in [3.63, 3.8) is 0 Å². The van der Waals surface area contributed by atoms with Crippen LogP contribution in [-0.2, 0) is 0 Å². The van der Waals surface area contributed by atoms with Crippen LogP contribution in [0.15, 0.2) is 48.9 Å². The highest BCUT2D eigenvalue weighted by atomic mass is 16.1. The Morgan fingerprint density at radius 3 is 2.78 bits per heavy atom. The molecule has 6 nitrogen and oxygen atoms in total. The van der Waals surface area contributed by atoms with Gasteiger partial charge in [-0.1, -0.05) is 23.4 Å². The van der Waals surface area contributed by atoms with E-state index in [1.165, 1.54) is 17.1 Å². The van der Waals surface area contributed by atoms with Gasteiger partial charge in [-0.15, -0.1) is 5.10 Å². The first-order valence-electron chi connectivity index (χ1n) is 5.36. The van der Waals surface area contributed by atoms with E-state index < -0.39 is 0 Å². The minimum Gasteiger partial charge on any atom is -0.342 e. The smallest absolute Gasteiger partial charge is 0.248 e. The Kier molecular flexibility index (Phi) is 2.45. The fourth-order valence-corrected chi connectivity index (χ4v) is 1.66. The van der Waals surface area contributed by atoms with E-state index in [4.69, 9.17) is 0 Å². The molecule has 2 heterocycles. The molecule has 0 bridgehead atoms. The highest BCUT2D eigenvalue weighted by molar-refractivity contribution is 6.05. The molecule has 0 aliphatic rings. The number of nitrogens with one attached hydrogen (secondary N) is 1. The maximum Gasteiger partial charge on any atom is 0.248 e. The molecule has 0 saturated carbocycles. The van der Waals surface area contributed by atoms with Crippen molar-refractivity contribution in [3.8, 4) is 5.69 Å². The molecule has 0 spiro atoms. The molecule has 6 heteroatoms. The van der Waals surface area contributed by atoms with E-state index in [9.17, 15) is 4.79 Å². The summed E-state index contributed by atoms with van der Waals surface area (Å²) in [6.07, 6.45) is 4.56. The van der Waals surface area contributed by atoms with E-state index in [2.05, 4.69) is 20.3 Å². The zero-order valence-corrected chi connectivity index (χ0v) is 9.32. The Morgan fingerprint density at radius 2 is 2.06 bits per heavy atom. The second-order valence-electron chi connectivity index (χ2n) is 3.63. The molecular weight excluding hydrogens is 230 g/mol. The molecule has 3 aromatic rings. The van der Waals surface area contributed by atoms with Crippen molar-refractivity contribution in [2.75, 3.05) is 0 Å². The molecule has 0 amide bonds. The van der Waals surface area contributed by atoms with Crippen LogP contribution in [0.1, 0.15) is 16.3 Å². The SMILES string of the molecule is O=C(c1ncc[nH]1)c1cnnn1-c1ccccc1. The summed E-state index contributed by atoms with van der Waals surface area (Å²) in [7, 11) is 0. The van der Waals surface area contributed by atoms with Crippen LogP contribution in [0.5, 0.6) is 0 Å². The number of hydrogen-bond donors (Lipinski definition) is 1. The predicted molar refractivity (Wildman–Crippen MR) is 63.4 cm³/mol. The minimum absolute atomic E-state index is 0.242. The van der Waals surface area contributed by atoms with E-state index in [-0.39, 0.29) is 11.6 Å². The summed E-state index contributed by atoms with van der Waals surface area (Å²) in [4.78, 5) is 18.9. The van der Waals surface area contributed by atoms with Crippen LogP contribution in [-0.4, -0.2) is 30.7 Å². The van der Waals surface area contributed by atoms with Crippen molar-refractivity contribution < 1.29 is 4.79 Å². The lowest BCUT2D eigenvalue weighted by atomic mass is 10.2. The summed E-state index contributed by atoms with van der Waals surface area (Å²) in [6, 6.07) is 9.35. The zero-order valence-electron chi connectivity index (χ0n) is 9.32. The lowest BCUT2D eigenvalue weighted by molar-refractivity contribution is 0.102. The number of imidazole rings is 1. The lowest BCUT2D eigenvalue weighted by Gasteiger charge is -2.03. The molecule has 0 unspecified atom stereocenters. The van der Waals surface area contributed by atoms with Gasteiger partial charge in [0.25, 0.3) is 0 Å². The van der Waals surface area contributed by atoms with Gasteiger partial charge in [0.15, 0.2) is 5.82 Å². The van der Waals surface area contributed by atoms with Crippen molar-refractivity contribution in [2.45, 2.75) is 0 Å². The van der Waals surface area contributed by atoms with Gasteiger partial charge in [0.2, 0.25) is 5.78 Å². The molecular formula is C12H9N5O. The van der Waals surface area contributed by atoms with E-state index in [1.54, 1.807) is 6.20 Å². The van der Waals surface area contributed by atoms with Gasteiger partial charge in [-0.2, -0.15) is 0 Å². The molecule has 0 radical (unpaired) electrons. The van der Waals surface area contributed by atoms with Gasteiger partial charge in [0.05, 0.1) is 11.9 Å². The van der Waals surface area contributed by atoms with Crippen LogP contribution in [0.4, 0.5) is 0 Å². The molecule has 0 atom stereocenters. The van der Waals surface area contributed by atoms with Crippen LogP contribution < -0.4 is 0 Å². The van der Waals surface area contributed by atoms with Crippen molar-refractivity contribution in [2.24, 2.45) is 0 Å². The number of H-pyrrole nitrogens is 1. The Morgan fingerprint density at radius 1 is 1.22 bits per heavy atom. The number of aromatic nitrogens is 5. The summed E-state index contributed by atoms with van der Waals surface area (Å²) >= 11 is 0. The first kappa shape index (κ1) is 10.4. The number of nitrogens with zero attached hydrogens (tertiary/aromatic N) is 4. The molecule has 88 valence electrons. The zero-order chi connectivity index (χ0) is 12.4. The van der Waals surface area contributed by atoms with Gasteiger partial charge in [-0.25, -0.2) is 9.67 Å². The Hall–Kier alpha value is -2.76. The van der Waals surface area contributed by atoms with Gasteiger partial charge in [0.1, 0.15) is 5.69 Å². The number of benzene rings is 1. The number of rotatable bonds is 3. The van der Waals surface area contributed by atoms with E-state index in [1.807, 2.05) is 30.3 Å². The molecule has 3 rings (SSSR count). The van der Waals surface area contributed by atoms with E-state index >= 15 is 0 Å². The van der Waals surface area contributed by atoms with E-state index in [0.29, 0.717) is 5.69 Å². The van der Waals surface area contributed by atoms with Gasteiger partial charge >= 0.3 is 0 Å². The number of para-hydroxylation sites is 1. The average molecular weight is 239 g/mol. The number of carbonyl (C=O) groups is 1. The molecule has 2 aromatic heterocycles. The standard InChI is InChI=1S/C12H9N5O/c18-11(12-13-6-7-14-12)10-8-15-16-17(10)9-4-2-1-3-5-9/h1-8H,(H,13,14). The third-order valence-corrected chi connectivity index (χ3v) is 2.50. The van der Waals surface area contributed by atoms with Crippen LogP contribution >= 0.6 is 0 Å². The molecule has 0 aliphatic heterocycles. The summed E-state index contributed by atoms with van der Waals surface area (Å²) in [6.45, 7) is 0. The van der Waals surface area contributed by atoms with Gasteiger partial charge in [0, 0.05) is 12.4 Å². The summed E-state index contributed by atoms with van der Waals surface area (Å²) < 4.78 is 1.49. The maximum atomic E-state index is 12.2. The molecule has 0 fully saturated rings. The van der Waals surface area contributed by atoms with Crippen LogP contribution in [0.25, 0.3) is 5.69 Å². The van der Waals surface area contributed by atoms with Crippen molar-refractivity contribution in [1.29, 1.82) is 0 Å². The second kappa shape index (κ2) is 4.25. The lowest BCUT2D eigenvalue weighted by Crippen LogP contribution is -2.11. The highest BCUT2D eigenvalue weighted by Gasteiger charge is 2.18. The molecule has 1 N–H and O–H groups in total. The van der Waals surface area contributed by atoms with Crippen molar-refractivity contribution in [3.05, 3.63) is 60.4 Å². The van der Waals surface area contributed by atoms with Gasteiger partial charge in [-0.3, -0.25) is 4.79 Å². The average Bonchev–Trinajstić information content (AvgIpc) is 3.10. The third kappa shape index (κ3) is 1.69. The fourth-order valence-electron chi connectivity index (χ4n) is 1.66. The van der Waals surface area contributed by atoms with E-state index in [0.717, 1.165) is 5.69 Å². The summed E-state index contributed by atoms with van der Waals surface area (Å²) in [5, 5.41) is 7.70. The molecule has 0 aliphatic carbocycles. The Labute approximate surface area is 102 Å². The maximum absolute atomic E-state index is 12.2. The molecule has 0 saturated heterocycles. The Bertz CT molecular complexity index is 657.